The molecule has 0 spiro atoms. The molecule has 0 aliphatic rings. The standard InChI is InChI=1S/C74H131N2O6P/c1-6-8-10-12-14-16-18-20-22-24-26-28-30-31-32-33-34-35-36-37-38-39-40-41-42-43-44-45-46-48-50-52-54-56-58-60-62-64-66-68-74(78)75-72(71-82-83(79,80)81-70-69-76(3,4)5)73(77)67-65-63-61-59-57-55-53-51-49-47-29-27-25-23-21-19-17-15-13-11-9-7-2/h8,10,14,16,20,22,26,28,31-32,34-35,37-38,40-41,57,59,65,67,72-73,77H,6-7,9,11-13,15,17-19,21,23-25,27,29-30,33,36,39,42-56,58,60-64,66,68-71H2,1-5H3,(H-,75,78,79,80)/b10-8-,16-14-,22-20-,28-26-,32-31-,35-34-,38-37-,41-40-,59-57+,67-65+. The van der Waals surface area contributed by atoms with Crippen molar-refractivity contribution in [1.82, 2.24) is 5.32 Å². The number of unbranched alkanes of at least 4 members (excludes halogenated alkanes) is 31. The number of likely N-dealkylation sites (N-methyl/N-ethyl adjacent to an activating group) is 1. The lowest BCUT2D eigenvalue weighted by Gasteiger charge is -2.29. The van der Waals surface area contributed by atoms with E-state index in [1.54, 1.807) is 6.08 Å². The van der Waals surface area contributed by atoms with Gasteiger partial charge < -0.3 is 28.8 Å². The summed E-state index contributed by atoms with van der Waals surface area (Å²) in [5.41, 5.74) is 0. The van der Waals surface area contributed by atoms with E-state index in [4.69, 9.17) is 9.05 Å². The number of allylic oxidation sites excluding steroid dienone is 19. The highest BCUT2D eigenvalue weighted by Gasteiger charge is 2.23. The molecule has 0 aliphatic heterocycles. The second-order valence-corrected chi connectivity index (χ2v) is 25.6. The van der Waals surface area contributed by atoms with Crippen molar-refractivity contribution in [2.75, 3.05) is 40.9 Å². The summed E-state index contributed by atoms with van der Waals surface area (Å²) in [6, 6.07) is -0.911. The number of nitrogens with one attached hydrogen (secondary N) is 1. The van der Waals surface area contributed by atoms with Crippen LogP contribution in [0.1, 0.15) is 290 Å². The average molecular weight is 1180 g/mol. The molecule has 0 bridgehead atoms. The molecule has 0 rings (SSSR count). The summed E-state index contributed by atoms with van der Waals surface area (Å²) in [5, 5.41) is 13.9. The highest BCUT2D eigenvalue weighted by molar-refractivity contribution is 7.45. The molecule has 0 fully saturated rings. The first-order valence-corrected chi connectivity index (χ1v) is 35.9. The van der Waals surface area contributed by atoms with Crippen molar-refractivity contribution < 1.29 is 32.9 Å². The molecule has 8 nitrogen and oxygen atoms in total. The van der Waals surface area contributed by atoms with E-state index in [0.29, 0.717) is 17.4 Å². The normalized spacial score (nSPS) is 14.4. The fraction of sp³-hybridized carbons (Fsp3) is 0.716. The zero-order valence-electron chi connectivity index (χ0n) is 54.6. The van der Waals surface area contributed by atoms with E-state index in [0.717, 1.165) is 89.9 Å². The van der Waals surface area contributed by atoms with Gasteiger partial charge in [-0.3, -0.25) is 9.36 Å². The smallest absolute Gasteiger partial charge is 0.268 e. The summed E-state index contributed by atoms with van der Waals surface area (Å²) >= 11 is 0. The zero-order valence-corrected chi connectivity index (χ0v) is 55.5. The summed E-state index contributed by atoms with van der Waals surface area (Å²) < 4.78 is 23.4. The Hall–Kier alpha value is -3.10. The predicted octanol–water partition coefficient (Wildman–Crippen LogP) is 21.4. The van der Waals surface area contributed by atoms with Crippen LogP contribution in [-0.4, -0.2) is 68.5 Å². The van der Waals surface area contributed by atoms with Crippen molar-refractivity contribution in [2.45, 2.75) is 302 Å². The Bertz CT molecular complexity index is 1770. The largest absolute Gasteiger partial charge is 0.756 e. The monoisotopic (exact) mass is 1170 g/mol. The SMILES string of the molecule is CC/C=C\C/C=C\C/C=C\C/C=C\C/C=C\C/C=C\C/C=C\C/C=C\CCCCCCCCCCCCCCCCC(=O)NC(COP(=O)([O-])OCC[N+](C)(C)C)C(O)/C=C/CC/C=C/CCCCCCCCCCCCCCCCCC. The van der Waals surface area contributed by atoms with E-state index in [1.165, 1.54) is 180 Å². The minimum atomic E-state index is -4.62. The van der Waals surface area contributed by atoms with E-state index in [-0.39, 0.29) is 12.5 Å². The number of hydrogen-bond acceptors (Lipinski definition) is 6. The van der Waals surface area contributed by atoms with Crippen LogP contribution < -0.4 is 10.2 Å². The van der Waals surface area contributed by atoms with Gasteiger partial charge in [-0.2, -0.15) is 0 Å². The molecule has 0 heterocycles. The van der Waals surface area contributed by atoms with E-state index in [2.05, 4.69) is 129 Å². The third-order valence-corrected chi connectivity index (χ3v) is 15.9. The lowest BCUT2D eigenvalue weighted by Crippen LogP contribution is -2.45. The van der Waals surface area contributed by atoms with Crippen molar-refractivity contribution in [3.05, 3.63) is 122 Å². The molecule has 0 saturated carbocycles. The van der Waals surface area contributed by atoms with Crippen LogP contribution in [-0.2, 0) is 18.4 Å². The molecule has 0 aromatic heterocycles. The quantitative estimate of drug-likeness (QED) is 0.0272. The number of aliphatic hydroxyl groups is 1. The van der Waals surface area contributed by atoms with Gasteiger partial charge >= 0.3 is 0 Å². The van der Waals surface area contributed by atoms with Crippen LogP contribution in [0.25, 0.3) is 0 Å². The first-order valence-electron chi connectivity index (χ1n) is 34.4. The fourth-order valence-corrected chi connectivity index (χ4v) is 10.3. The van der Waals surface area contributed by atoms with Gasteiger partial charge in [-0.1, -0.05) is 309 Å². The maximum atomic E-state index is 13.0. The number of phosphoric acid groups is 1. The molecule has 3 atom stereocenters. The van der Waals surface area contributed by atoms with Crippen LogP contribution in [0.15, 0.2) is 122 Å². The fourth-order valence-electron chi connectivity index (χ4n) is 9.60. The summed E-state index contributed by atoms with van der Waals surface area (Å²) in [5.74, 6) is -0.209. The first-order chi connectivity index (χ1) is 40.5. The van der Waals surface area contributed by atoms with Crippen LogP contribution >= 0.6 is 7.82 Å². The molecular weight excluding hydrogens is 1040 g/mol. The molecule has 83 heavy (non-hydrogen) atoms. The molecule has 9 heteroatoms. The van der Waals surface area contributed by atoms with E-state index >= 15 is 0 Å². The Morgan fingerprint density at radius 2 is 0.747 bits per heavy atom. The molecule has 0 aromatic rings. The Labute approximate surface area is 514 Å². The highest BCUT2D eigenvalue weighted by atomic mass is 31.2. The zero-order chi connectivity index (χ0) is 60.5. The maximum Gasteiger partial charge on any atom is 0.268 e. The predicted molar refractivity (Wildman–Crippen MR) is 362 cm³/mol. The Kier molecular flexibility index (Phi) is 61.0. The number of phosphoric ester groups is 1. The highest BCUT2D eigenvalue weighted by Crippen LogP contribution is 2.38. The minimum absolute atomic E-state index is 0.0104. The number of amides is 1. The van der Waals surface area contributed by atoms with Crippen LogP contribution in [0.5, 0.6) is 0 Å². The van der Waals surface area contributed by atoms with Crippen molar-refractivity contribution in [1.29, 1.82) is 0 Å². The van der Waals surface area contributed by atoms with Gasteiger partial charge in [0.15, 0.2) is 0 Å². The number of carbonyl (C=O) groups excluding carboxylic acids is 1. The molecule has 0 radical (unpaired) electrons. The Morgan fingerprint density at radius 1 is 0.434 bits per heavy atom. The molecule has 478 valence electrons. The van der Waals surface area contributed by atoms with Crippen molar-refractivity contribution in [3.63, 3.8) is 0 Å². The molecule has 0 aliphatic carbocycles. The van der Waals surface area contributed by atoms with Crippen LogP contribution in [0.2, 0.25) is 0 Å². The second-order valence-electron chi connectivity index (χ2n) is 24.1. The molecule has 3 unspecified atom stereocenters. The van der Waals surface area contributed by atoms with Gasteiger partial charge in [0.1, 0.15) is 13.2 Å². The lowest BCUT2D eigenvalue weighted by atomic mass is 10.0. The van der Waals surface area contributed by atoms with Crippen molar-refractivity contribution >= 4 is 13.7 Å². The lowest BCUT2D eigenvalue weighted by molar-refractivity contribution is -0.870. The van der Waals surface area contributed by atoms with Gasteiger partial charge in [-0.25, -0.2) is 0 Å². The van der Waals surface area contributed by atoms with Gasteiger partial charge in [-0.15, -0.1) is 0 Å². The summed E-state index contributed by atoms with van der Waals surface area (Å²) in [4.78, 5) is 25.6. The van der Waals surface area contributed by atoms with E-state index in [1.807, 2.05) is 27.2 Å². The molecule has 2 N–H and O–H groups in total. The van der Waals surface area contributed by atoms with Gasteiger partial charge in [0, 0.05) is 6.42 Å². The number of aliphatic hydroxyl groups excluding tert-OH is 1. The first kappa shape index (κ1) is 79.9. The van der Waals surface area contributed by atoms with Crippen LogP contribution in [0.4, 0.5) is 0 Å². The van der Waals surface area contributed by atoms with Crippen molar-refractivity contribution in [2.24, 2.45) is 0 Å². The third-order valence-electron chi connectivity index (χ3n) is 14.9. The van der Waals surface area contributed by atoms with E-state index in [9.17, 15) is 19.4 Å². The number of carbonyl (C=O) groups is 1. The minimum Gasteiger partial charge on any atom is -0.756 e. The van der Waals surface area contributed by atoms with Gasteiger partial charge in [0.05, 0.1) is 39.9 Å². The van der Waals surface area contributed by atoms with Crippen molar-refractivity contribution in [3.8, 4) is 0 Å². The number of rotatable bonds is 62. The molecule has 0 aromatic carbocycles. The topological polar surface area (TPSA) is 108 Å². The summed E-state index contributed by atoms with van der Waals surface area (Å²) in [6.07, 6.45) is 94.5. The molecule has 1 amide bonds. The number of hydrogen-bond donors (Lipinski definition) is 2. The second kappa shape index (κ2) is 63.4. The van der Waals surface area contributed by atoms with Gasteiger partial charge in [0.2, 0.25) is 5.91 Å². The Morgan fingerprint density at radius 3 is 1.12 bits per heavy atom. The van der Waals surface area contributed by atoms with Crippen LogP contribution in [0, 0.1) is 0 Å². The maximum absolute atomic E-state index is 13.0. The van der Waals surface area contributed by atoms with E-state index < -0.39 is 26.6 Å². The third kappa shape index (κ3) is 66.3. The number of nitrogens with zero attached hydrogens (tertiary/aromatic N) is 1. The molecule has 0 saturated heterocycles. The average Bonchev–Trinajstić information content (AvgIpc) is 3.50. The molecular formula is C74H131N2O6P. The van der Waals surface area contributed by atoms with Crippen LogP contribution in [0.3, 0.4) is 0 Å². The summed E-state index contributed by atoms with van der Waals surface area (Å²) in [7, 11) is 1.24. The van der Waals surface area contributed by atoms with Gasteiger partial charge in [-0.05, 0) is 96.3 Å². The number of quaternary nitrogens is 1. The van der Waals surface area contributed by atoms with Gasteiger partial charge in [0.25, 0.3) is 7.82 Å². The Balaban J connectivity index is 4.10. The summed E-state index contributed by atoms with van der Waals surface area (Å²) in [6.45, 7) is 4.53.